The molecule has 212 valence electrons. The second-order valence-corrected chi connectivity index (χ2v) is 11.8. The average Bonchev–Trinajstić information content (AvgIpc) is 3.49. The maximum atomic E-state index is 13.9. The van der Waals surface area contributed by atoms with Crippen molar-refractivity contribution in [3.05, 3.63) is 78.4 Å². The van der Waals surface area contributed by atoms with Gasteiger partial charge in [0.15, 0.2) is 0 Å². The summed E-state index contributed by atoms with van der Waals surface area (Å²) >= 11 is 1.50. The van der Waals surface area contributed by atoms with Gasteiger partial charge in [-0.05, 0) is 74.6 Å². The summed E-state index contributed by atoms with van der Waals surface area (Å²) in [5.74, 6) is -0.641. The van der Waals surface area contributed by atoms with E-state index in [1.54, 1.807) is 67.6 Å². The van der Waals surface area contributed by atoms with E-state index in [9.17, 15) is 18.0 Å². The van der Waals surface area contributed by atoms with Crippen LogP contribution in [0.4, 0.5) is 11.4 Å². The minimum atomic E-state index is -4.16. The number of carbonyl (C=O) groups excluding carboxylic acids is 2. The van der Waals surface area contributed by atoms with Crippen molar-refractivity contribution >= 4 is 45.0 Å². The smallest absolute Gasteiger partial charge is 0.264 e. The highest BCUT2D eigenvalue weighted by atomic mass is 32.2. The van der Waals surface area contributed by atoms with E-state index in [0.717, 1.165) is 22.0 Å². The number of anilines is 2. The number of sulfonamides is 1. The monoisotopic (exact) mass is 583 g/mol. The van der Waals surface area contributed by atoms with Gasteiger partial charge >= 0.3 is 0 Å². The van der Waals surface area contributed by atoms with Gasteiger partial charge in [0.25, 0.3) is 15.9 Å². The van der Waals surface area contributed by atoms with Crippen LogP contribution in [0.2, 0.25) is 0 Å². The van der Waals surface area contributed by atoms with Gasteiger partial charge in [-0.25, -0.2) is 8.42 Å². The van der Waals surface area contributed by atoms with Crippen molar-refractivity contribution in [3.63, 3.8) is 0 Å². The van der Waals surface area contributed by atoms with Gasteiger partial charge in [0, 0.05) is 18.0 Å². The number of nitrogens with one attached hydrogen (secondary N) is 2. The SMILES string of the molecule is CCOc1ccccc1N(CC(=O)Nc1ccccc1C(=O)NC[C@H]1CCCO1)S(=O)(=O)c1ccc(SC)cc1. The lowest BCUT2D eigenvalue weighted by atomic mass is 10.1. The Balaban J connectivity index is 1.60. The standard InChI is InChI=1S/C29H33N3O6S2/c1-3-37-27-13-7-6-12-26(27)32(40(35,36)23-16-14-22(39-2)15-17-23)20-28(33)31-25-11-5-4-10-24(25)29(34)30-19-21-9-8-18-38-21/h4-7,10-17,21H,3,8-9,18-20H2,1-2H3,(H,30,34)(H,31,33)/t21-/m1/s1. The minimum Gasteiger partial charge on any atom is -0.492 e. The molecule has 0 bridgehead atoms. The van der Waals surface area contributed by atoms with Crippen molar-refractivity contribution in [1.82, 2.24) is 5.32 Å². The fourth-order valence-corrected chi connectivity index (χ4v) is 6.17. The molecule has 0 unspecified atom stereocenters. The molecule has 0 saturated carbocycles. The maximum absolute atomic E-state index is 13.9. The van der Waals surface area contributed by atoms with Crippen LogP contribution in [0.25, 0.3) is 0 Å². The van der Waals surface area contributed by atoms with Gasteiger partial charge in [0.2, 0.25) is 5.91 Å². The van der Waals surface area contributed by atoms with E-state index >= 15 is 0 Å². The van der Waals surface area contributed by atoms with Gasteiger partial charge < -0.3 is 20.1 Å². The second kappa shape index (κ2) is 13.7. The Morgan fingerprint density at radius 3 is 2.48 bits per heavy atom. The van der Waals surface area contributed by atoms with E-state index in [1.165, 1.54) is 23.9 Å². The van der Waals surface area contributed by atoms with Crippen LogP contribution in [0.3, 0.4) is 0 Å². The first-order valence-corrected chi connectivity index (χ1v) is 15.7. The molecule has 2 N–H and O–H groups in total. The molecule has 0 aromatic heterocycles. The zero-order chi connectivity index (χ0) is 28.5. The Kier molecular flexibility index (Phi) is 10.1. The molecule has 4 rings (SSSR count). The van der Waals surface area contributed by atoms with Crippen LogP contribution in [-0.4, -0.2) is 58.9 Å². The number of para-hydroxylation sites is 3. The van der Waals surface area contributed by atoms with Crippen molar-refractivity contribution in [2.75, 3.05) is 42.2 Å². The van der Waals surface area contributed by atoms with Gasteiger partial charge in [-0.1, -0.05) is 24.3 Å². The molecule has 0 radical (unpaired) electrons. The number of nitrogens with zero attached hydrogens (tertiary/aromatic N) is 1. The zero-order valence-electron chi connectivity index (χ0n) is 22.5. The first-order chi connectivity index (χ1) is 19.3. The van der Waals surface area contributed by atoms with Crippen LogP contribution >= 0.6 is 11.8 Å². The van der Waals surface area contributed by atoms with E-state index in [4.69, 9.17) is 9.47 Å². The molecule has 1 saturated heterocycles. The third-order valence-electron chi connectivity index (χ3n) is 6.33. The number of ether oxygens (including phenoxy) is 2. The molecule has 9 nitrogen and oxygen atoms in total. The Labute approximate surface area is 239 Å². The predicted octanol–water partition coefficient (Wildman–Crippen LogP) is 4.55. The molecule has 1 atom stereocenters. The van der Waals surface area contributed by atoms with Crippen LogP contribution in [-0.2, 0) is 19.6 Å². The normalized spacial score (nSPS) is 14.9. The Hall–Kier alpha value is -3.54. The molecular weight excluding hydrogens is 550 g/mol. The molecule has 1 fully saturated rings. The maximum Gasteiger partial charge on any atom is 0.264 e. The Morgan fingerprint density at radius 2 is 1.77 bits per heavy atom. The lowest BCUT2D eigenvalue weighted by Crippen LogP contribution is -2.39. The van der Waals surface area contributed by atoms with Crippen LogP contribution in [0, 0.1) is 0 Å². The summed E-state index contributed by atoms with van der Waals surface area (Å²) < 4.78 is 40.0. The van der Waals surface area contributed by atoms with Crippen LogP contribution < -0.4 is 19.7 Å². The highest BCUT2D eigenvalue weighted by molar-refractivity contribution is 7.98. The number of rotatable bonds is 12. The Bertz CT molecular complexity index is 1420. The van der Waals surface area contributed by atoms with E-state index in [2.05, 4.69) is 10.6 Å². The summed E-state index contributed by atoms with van der Waals surface area (Å²) in [6.45, 7) is 2.62. The molecule has 1 heterocycles. The second-order valence-electron chi connectivity index (χ2n) is 9.03. The fourth-order valence-electron chi connectivity index (χ4n) is 4.33. The highest BCUT2D eigenvalue weighted by Gasteiger charge is 2.30. The molecule has 1 aliphatic heterocycles. The van der Waals surface area contributed by atoms with Gasteiger partial charge in [0.05, 0.1) is 34.5 Å². The minimum absolute atomic E-state index is 0.0279. The molecule has 40 heavy (non-hydrogen) atoms. The summed E-state index contributed by atoms with van der Waals surface area (Å²) in [5, 5.41) is 5.59. The third-order valence-corrected chi connectivity index (χ3v) is 8.85. The number of carbonyl (C=O) groups is 2. The van der Waals surface area contributed by atoms with Crippen molar-refractivity contribution in [3.8, 4) is 5.75 Å². The number of thioether (sulfide) groups is 1. The molecule has 1 aliphatic rings. The fraction of sp³-hybridized carbons (Fsp3) is 0.310. The molecule has 3 aromatic carbocycles. The largest absolute Gasteiger partial charge is 0.492 e. The van der Waals surface area contributed by atoms with E-state index < -0.39 is 22.5 Å². The quantitative estimate of drug-likeness (QED) is 0.301. The van der Waals surface area contributed by atoms with Crippen LogP contribution in [0.15, 0.2) is 82.6 Å². The van der Waals surface area contributed by atoms with Crippen molar-refractivity contribution in [2.45, 2.75) is 35.7 Å². The van der Waals surface area contributed by atoms with Gasteiger partial charge in [-0.2, -0.15) is 0 Å². The average molecular weight is 584 g/mol. The third kappa shape index (κ3) is 7.15. The summed E-state index contributed by atoms with van der Waals surface area (Å²) in [7, 11) is -4.16. The number of hydrogen-bond acceptors (Lipinski definition) is 7. The van der Waals surface area contributed by atoms with Crippen LogP contribution in [0.5, 0.6) is 5.75 Å². The van der Waals surface area contributed by atoms with Gasteiger partial charge in [0.1, 0.15) is 12.3 Å². The van der Waals surface area contributed by atoms with Crippen molar-refractivity contribution < 1.29 is 27.5 Å². The van der Waals surface area contributed by atoms with Gasteiger partial charge in [-0.3, -0.25) is 13.9 Å². The summed E-state index contributed by atoms with van der Waals surface area (Å²) in [6.07, 6.45) is 3.71. The number of hydrogen-bond donors (Lipinski definition) is 2. The van der Waals surface area contributed by atoms with Crippen molar-refractivity contribution in [1.29, 1.82) is 0 Å². The summed E-state index contributed by atoms with van der Waals surface area (Å²) in [6, 6.07) is 19.7. The lowest BCUT2D eigenvalue weighted by molar-refractivity contribution is -0.114. The van der Waals surface area contributed by atoms with E-state index in [-0.39, 0.29) is 33.8 Å². The first kappa shape index (κ1) is 29.4. The molecular formula is C29H33N3O6S2. The molecule has 11 heteroatoms. The molecule has 2 amide bonds. The molecule has 0 spiro atoms. The van der Waals surface area contributed by atoms with E-state index in [1.807, 2.05) is 6.26 Å². The predicted molar refractivity (Wildman–Crippen MR) is 157 cm³/mol. The van der Waals surface area contributed by atoms with Crippen LogP contribution in [0.1, 0.15) is 30.1 Å². The number of benzene rings is 3. The topological polar surface area (TPSA) is 114 Å². The van der Waals surface area contributed by atoms with Gasteiger partial charge in [-0.15, -0.1) is 11.8 Å². The molecule has 3 aromatic rings. The first-order valence-electron chi connectivity index (χ1n) is 13.0. The summed E-state index contributed by atoms with van der Waals surface area (Å²) in [5.41, 5.74) is 0.777. The summed E-state index contributed by atoms with van der Waals surface area (Å²) in [4.78, 5) is 27.2. The lowest BCUT2D eigenvalue weighted by Gasteiger charge is -2.26. The van der Waals surface area contributed by atoms with Crippen molar-refractivity contribution in [2.24, 2.45) is 0 Å². The Morgan fingerprint density at radius 1 is 1.05 bits per heavy atom. The molecule has 0 aliphatic carbocycles. The van der Waals surface area contributed by atoms with E-state index in [0.29, 0.717) is 25.5 Å². The highest BCUT2D eigenvalue weighted by Crippen LogP contribution is 2.33. The zero-order valence-corrected chi connectivity index (χ0v) is 24.1. The number of amides is 2.